The van der Waals surface area contributed by atoms with Crippen molar-refractivity contribution >= 4 is 0 Å². The molecule has 1 aliphatic rings. The van der Waals surface area contributed by atoms with Crippen molar-refractivity contribution in [2.24, 2.45) is 5.92 Å². The van der Waals surface area contributed by atoms with E-state index in [1.54, 1.807) is 0 Å². The average molecular weight is 172 g/mol. The Morgan fingerprint density at radius 3 is 2.33 bits per heavy atom. The molecule has 0 aromatic carbocycles. The molecule has 0 saturated heterocycles. The second-order valence-electron chi connectivity index (χ2n) is 4.32. The topological polar surface area (TPSA) is 29.5 Å². The van der Waals surface area contributed by atoms with Crippen LogP contribution in [0.25, 0.3) is 0 Å². The molecule has 1 atom stereocenters. The average Bonchev–Trinajstić information content (AvgIpc) is 1.82. The van der Waals surface area contributed by atoms with Gasteiger partial charge in [0.05, 0.1) is 18.3 Å². The third-order valence-electron chi connectivity index (χ3n) is 2.30. The van der Waals surface area contributed by atoms with Crippen LogP contribution in [0.5, 0.6) is 0 Å². The molecule has 1 saturated carbocycles. The van der Waals surface area contributed by atoms with Gasteiger partial charge in [0.2, 0.25) is 0 Å². The Balaban J connectivity index is 2.06. The molecule has 1 rings (SSSR count). The molecular formula is C10H20O2. The Bertz CT molecular complexity index is 128. The lowest BCUT2D eigenvalue weighted by Crippen LogP contribution is -2.37. The minimum absolute atomic E-state index is 0.0961. The van der Waals surface area contributed by atoms with Crippen molar-refractivity contribution in [3.8, 4) is 0 Å². The molecule has 0 bridgehead atoms. The Labute approximate surface area is 74.9 Å². The molecule has 1 unspecified atom stereocenters. The Kier molecular flexibility index (Phi) is 3.53. The molecule has 72 valence electrons. The summed E-state index contributed by atoms with van der Waals surface area (Å²) in [4.78, 5) is 0. The SMILES string of the molecule is CC(C)CC(C)OC1CC(O)C1. The minimum Gasteiger partial charge on any atom is -0.393 e. The van der Waals surface area contributed by atoms with Crippen LogP contribution in [0.15, 0.2) is 0 Å². The highest BCUT2D eigenvalue weighted by Crippen LogP contribution is 2.25. The zero-order valence-corrected chi connectivity index (χ0v) is 8.29. The van der Waals surface area contributed by atoms with Crippen molar-refractivity contribution < 1.29 is 9.84 Å². The molecule has 0 radical (unpaired) electrons. The van der Waals surface area contributed by atoms with E-state index < -0.39 is 0 Å². The van der Waals surface area contributed by atoms with Crippen molar-refractivity contribution in [3.63, 3.8) is 0 Å². The Morgan fingerprint density at radius 2 is 1.92 bits per heavy atom. The highest BCUT2D eigenvalue weighted by atomic mass is 16.5. The van der Waals surface area contributed by atoms with E-state index in [4.69, 9.17) is 9.84 Å². The maximum atomic E-state index is 9.03. The number of hydrogen-bond acceptors (Lipinski definition) is 2. The summed E-state index contributed by atoms with van der Waals surface area (Å²) < 4.78 is 5.71. The summed E-state index contributed by atoms with van der Waals surface area (Å²) in [5.41, 5.74) is 0. The first-order chi connectivity index (χ1) is 5.58. The van der Waals surface area contributed by atoms with E-state index in [1.807, 2.05) is 0 Å². The molecule has 0 spiro atoms. The fourth-order valence-corrected chi connectivity index (χ4v) is 1.70. The number of rotatable bonds is 4. The van der Waals surface area contributed by atoms with Crippen LogP contribution in [0.4, 0.5) is 0 Å². The lowest BCUT2D eigenvalue weighted by atomic mass is 9.92. The fraction of sp³-hybridized carbons (Fsp3) is 1.00. The van der Waals surface area contributed by atoms with Crippen molar-refractivity contribution in [1.82, 2.24) is 0 Å². The molecule has 0 aromatic heterocycles. The maximum absolute atomic E-state index is 9.03. The summed E-state index contributed by atoms with van der Waals surface area (Å²) >= 11 is 0. The van der Waals surface area contributed by atoms with Gasteiger partial charge in [0.1, 0.15) is 0 Å². The van der Waals surface area contributed by atoms with Crippen molar-refractivity contribution in [2.75, 3.05) is 0 Å². The lowest BCUT2D eigenvalue weighted by molar-refractivity contribution is -0.102. The highest BCUT2D eigenvalue weighted by Gasteiger charge is 2.29. The first-order valence-corrected chi connectivity index (χ1v) is 4.91. The largest absolute Gasteiger partial charge is 0.393 e. The highest BCUT2D eigenvalue weighted by molar-refractivity contribution is 4.80. The number of ether oxygens (including phenoxy) is 1. The van der Waals surface area contributed by atoms with Gasteiger partial charge in [-0.1, -0.05) is 13.8 Å². The van der Waals surface area contributed by atoms with E-state index in [0.29, 0.717) is 18.1 Å². The standard InChI is InChI=1S/C10H20O2/c1-7(2)4-8(3)12-10-5-9(11)6-10/h7-11H,4-6H2,1-3H3. The molecule has 0 aliphatic heterocycles. The summed E-state index contributed by atoms with van der Waals surface area (Å²) in [7, 11) is 0. The molecule has 1 fully saturated rings. The molecule has 0 amide bonds. The van der Waals surface area contributed by atoms with Crippen molar-refractivity contribution in [3.05, 3.63) is 0 Å². The van der Waals surface area contributed by atoms with Crippen LogP contribution in [-0.4, -0.2) is 23.4 Å². The van der Waals surface area contributed by atoms with Crippen molar-refractivity contribution in [2.45, 2.75) is 58.3 Å². The van der Waals surface area contributed by atoms with Crippen LogP contribution in [0.3, 0.4) is 0 Å². The molecule has 0 aromatic rings. The zero-order valence-electron chi connectivity index (χ0n) is 8.29. The lowest BCUT2D eigenvalue weighted by Gasteiger charge is -2.33. The van der Waals surface area contributed by atoms with Gasteiger partial charge in [-0.15, -0.1) is 0 Å². The summed E-state index contributed by atoms with van der Waals surface area (Å²) in [5.74, 6) is 0.699. The third-order valence-corrected chi connectivity index (χ3v) is 2.30. The van der Waals surface area contributed by atoms with Crippen LogP contribution < -0.4 is 0 Å². The van der Waals surface area contributed by atoms with Crippen LogP contribution in [-0.2, 0) is 4.74 Å². The van der Waals surface area contributed by atoms with Gasteiger partial charge in [0, 0.05) is 0 Å². The van der Waals surface area contributed by atoms with Gasteiger partial charge < -0.3 is 9.84 Å². The van der Waals surface area contributed by atoms with Crippen LogP contribution in [0.2, 0.25) is 0 Å². The van der Waals surface area contributed by atoms with E-state index in [-0.39, 0.29) is 6.10 Å². The van der Waals surface area contributed by atoms with Gasteiger partial charge in [-0.05, 0) is 32.1 Å². The molecule has 1 N–H and O–H groups in total. The van der Waals surface area contributed by atoms with Crippen LogP contribution in [0.1, 0.15) is 40.0 Å². The minimum atomic E-state index is -0.0961. The summed E-state index contributed by atoms with van der Waals surface area (Å²) in [6.07, 6.45) is 3.37. The first-order valence-electron chi connectivity index (χ1n) is 4.91. The maximum Gasteiger partial charge on any atom is 0.0628 e. The molecule has 2 heteroatoms. The molecule has 2 nitrogen and oxygen atoms in total. The summed E-state index contributed by atoms with van der Waals surface area (Å²) in [6.45, 7) is 6.52. The van der Waals surface area contributed by atoms with E-state index >= 15 is 0 Å². The van der Waals surface area contributed by atoms with E-state index in [1.165, 1.54) is 0 Å². The van der Waals surface area contributed by atoms with Gasteiger partial charge in [-0.3, -0.25) is 0 Å². The van der Waals surface area contributed by atoms with E-state index in [2.05, 4.69) is 20.8 Å². The Hall–Kier alpha value is -0.0800. The molecule has 1 aliphatic carbocycles. The number of hydrogen-bond donors (Lipinski definition) is 1. The fourth-order valence-electron chi connectivity index (χ4n) is 1.70. The van der Waals surface area contributed by atoms with Gasteiger partial charge >= 0.3 is 0 Å². The van der Waals surface area contributed by atoms with Gasteiger partial charge in [-0.25, -0.2) is 0 Å². The van der Waals surface area contributed by atoms with Crippen LogP contribution >= 0.6 is 0 Å². The van der Waals surface area contributed by atoms with Gasteiger partial charge in [0.15, 0.2) is 0 Å². The van der Waals surface area contributed by atoms with Crippen LogP contribution in [0, 0.1) is 5.92 Å². The Morgan fingerprint density at radius 1 is 1.33 bits per heavy atom. The van der Waals surface area contributed by atoms with Crippen molar-refractivity contribution in [1.29, 1.82) is 0 Å². The summed E-state index contributed by atoms with van der Waals surface area (Å²) in [5, 5.41) is 9.03. The predicted octanol–water partition coefficient (Wildman–Crippen LogP) is 1.96. The number of aliphatic hydroxyl groups excluding tert-OH is 1. The first kappa shape index (κ1) is 10.0. The zero-order chi connectivity index (χ0) is 9.14. The van der Waals surface area contributed by atoms with E-state index in [0.717, 1.165) is 19.3 Å². The second-order valence-corrected chi connectivity index (χ2v) is 4.32. The predicted molar refractivity (Wildman–Crippen MR) is 49.0 cm³/mol. The van der Waals surface area contributed by atoms with E-state index in [9.17, 15) is 0 Å². The summed E-state index contributed by atoms with van der Waals surface area (Å²) in [6, 6.07) is 0. The smallest absolute Gasteiger partial charge is 0.0628 e. The second kappa shape index (κ2) is 4.24. The normalized spacial score (nSPS) is 31.8. The number of aliphatic hydroxyl groups is 1. The monoisotopic (exact) mass is 172 g/mol. The molecule has 0 heterocycles. The van der Waals surface area contributed by atoms with Gasteiger partial charge in [-0.2, -0.15) is 0 Å². The quantitative estimate of drug-likeness (QED) is 0.702. The van der Waals surface area contributed by atoms with Gasteiger partial charge in [0.25, 0.3) is 0 Å². The molecular weight excluding hydrogens is 152 g/mol. The molecule has 12 heavy (non-hydrogen) atoms. The third kappa shape index (κ3) is 3.11.